The summed E-state index contributed by atoms with van der Waals surface area (Å²) in [6.07, 6.45) is 3.96. The maximum absolute atomic E-state index is 13.1. The fourth-order valence-electron chi connectivity index (χ4n) is 3.06. The zero-order chi connectivity index (χ0) is 20.5. The Bertz CT molecular complexity index is 761. The number of allylic oxidation sites excluding steroid dienone is 1. The maximum atomic E-state index is 13.1. The molecule has 0 bridgehead atoms. The van der Waals surface area contributed by atoms with E-state index in [4.69, 9.17) is 4.18 Å². The van der Waals surface area contributed by atoms with Crippen molar-refractivity contribution in [3.8, 4) is 0 Å². The lowest BCUT2D eigenvalue weighted by atomic mass is 10.0. The molecule has 6 nitrogen and oxygen atoms in total. The van der Waals surface area contributed by atoms with Crippen molar-refractivity contribution >= 4 is 23.7 Å². The zero-order valence-electron chi connectivity index (χ0n) is 16.6. The number of hydrogen-bond donors (Lipinski definition) is 2. The molecule has 0 spiro atoms. The fourth-order valence-corrected chi connectivity index (χ4v) is 3.70. The highest BCUT2D eigenvalue weighted by Gasteiger charge is 2.29. The van der Waals surface area contributed by atoms with E-state index in [2.05, 4.69) is 11.4 Å². The van der Waals surface area contributed by atoms with Gasteiger partial charge in [-0.05, 0) is 31.0 Å². The molecule has 2 rings (SSSR count). The van der Waals surface area contributed by atoms with Gasteiger partial charge in [-0.2, -0.15) is 0 Å². The molecule has 1 unspecified atom stereocenters. The summed E-state index contributed by atoms with van der Waals surface area (Å²) >= 11 is 1.22. The molecule has 1 aliphatic rings. The minimum absolute atomic E-state index is 0.0234. The molecule has 152 valence electrons. The fraction of sp³-hybridized carbons (Fsp3) is 0.429. The molecule has 0 saturated carbocycles. The number of carbonyl (C=O) groups is 2. The van der Waals surface area contributed by atoms with Crippen LogP contribution in [0.25, 0.3) is 0 Å². The predicted octanol–water partition coefficient (Wildman–Crippen LogP) is 2.94. The molecule has 0 aliphatic carbocycles. The molecule has 0 fully saturated rings. The van der Waals surface area contributed by atoms with Crippen LogP contribution in [0.4, 0.5) is 0 Å². The van der Waals surface area contributed by atoms with Crippen molar-refractivity contribution < 1.29 is 18.9 Å². The topological polar surface area (TPSA) is 78.9 Å². The number of nitrogens with zero attached hydrogens (tertiary/aromatic N) is 1. The highest BCUT2D eigenvalue weighted by Crippen LogP contribution is 2.20. The smallest absolute Gasteiger partial charge is 0.257 e. The minimum atomic E-state index is -0.682. The van der Waals surface area contributed by atoms with Crippen molar-refractivity contribution in [2.45, 2.75) is 32.8 Å². The summed E-state index contributed by atoms with van der Waals surface area (Å²) in [5, 5.41) is 12.5. The molecular formula is C21H28N2O4S. The van der Waals surface area contributed by atoms with Crippen molar-refractivity contribution in [1.82, 2.24) is 10.2 Å². The number of rotatable bonds is 7. The lowest BCUT2D eigenvalue weighted by Gasteiger charge is -2.27. The summed E-state index contributed by atoms with van der Waals surface area (Å²) in [5.41, 5.74) is 2.30. The number of nitrogens with one attached hydrogen (secondary N) is 1. The summed E-state index contributed by atoms with van der Waals surface area (Å²) in [7, 11) is 1.58. The van der Waals surface area contributed by atoms with Crippen LogP contribution in [0.15, 0.2) is 47.9 Å². The van der Waals surface area contributed by atoms with Crippen LogP contribution < -0.4 is 5.32 Å². The van der Waals surface area contributed by atoms with E-state index in [0.717, 1.165) is 12.0 Å². The molecule has 7 heteroatoms. The van der Waals surface area contributed by atoms with E-state index in [1.165, 1.54) is 29.9 Å². The van der Waals surface area contributed by atoms with E-state index in [0.29, 0.717) is 25.3 Å². The number of aryl methyl sites for hydroxylation is 1. The molecule has 1 aromatic rings. The van der Waals surface area contributed by atoms with Crippen LogP contribution in [-0.2, 0) is 20.2 Å². The summed E-state index contributed by atoms with van der Waals surface area (Å²) < 4.78 is 5.95. The van der Waals surface area contributed by atoms with E-state index < -0.39 is 11.5 Å². The molecule has 1 aliphatic heterocycles. The van der Waals surface area contributed by atoms with E-state index in [-0.39, 0.29) is 17.6 Å². The summed E-state index contributed by atoms with van der Waals surface area (Å²) in [6.45, 7) is 4.92. The number of Topliss-reactive ketones (excluding diaryl/α,β-unsaturated/α-hetero) is 1. The van der Waals surface area contributed by atoms with Gasteiger partial charge in [0.2, 0.25) is 5.78 Å². The molecule has 28 heavy (non-hydrogen) atoms. The molecule has 0 radical (unpaired) electrons. The Kier molecular flexibility index (Phi) is 8.60. The number of aliphatic hydroxyl groups is 1. The first-order chi connectivity index (χ1) is 13.5. The Balaban J connectivity index is 2.23. The molecule has 0 aromatic heterocycles. The second-order valence-corrected chi connectivity index (χ2v) is 7.47. The molecular weight excluding hydrogens is 376 g/mol. The Hall–Kier alpha value is -2.25. The normalized spacial score (nSPS) is 20.6. The van der Waals surface area contributed by atoms with Gasteiger partial charge in [-0.1, -0.05) is 42.8 Å². The van der Waals surface area contributed by atoms with Gasteiger partial charge in [-0.25, -0.2) is 0 Å². The van der Waals surface area contributed by atoms with Gasteiger partial charge in [0.25, 0.3) is 5.91 Å². The van der Waals surface area contributed by atoms with Crippen LogP contribution in [0.2, 0.25) is 0 Å². The number of ketones is 1. The average molecular weight is 405 g/mol. The van der Waals surface area contributed by atoms with Gasteiger partial charge >= 0.3 is 0 Å². The third-order valence-electron chi connectivity index (χ3n) is 4.30. The summed E-state index contributed by atoms with van der Waals surface area (Å²) in [5.74, 6) is -1.19. The largest absolute Gasteiger partial charge is 0.503 e. The number of aliphatic hydroxyl groups excluding tert-OH is 1. The van der Waals surface area contributed by atoms with Gasteiger partial charge in [-0.3, -0.25) is 9.59 Å². The first-order valence-electron chi connectivity index (χ1n) is 9.40. The Morgan fingerprint density at radius 1 is 1.46 bits per heavy atom. The predicted molar refractivity (Wildman–Crippen MR) is 112 cm³/mol. The van der Waals surface area contributed by atoms with Crippen molar-refractivity contribution in [2.75, 3.05) is 25.9 Å². The first-order valence-corrected chi connectivity index (χ1v) is 10.3. The van der Waals surface area contributed by atoms with E-state index in [1.807, 2.05) is 32.0 Å². The second kappa shape index (κ2) is 10.9. The number of amides is 1. The van der Waals surface area contributed by atoms with Gasteiger partial charge in [0.05, 0.1) is 11.7 Å². The van der Waals surface area contributed by atoms with Crippen molar-refractivity contribution in [1.29, 1.82) is 0 Å². The first kappa shape index (κ1) is 22.0. The third kappa shape index (κ3) is 6.14. The van der Waals surface area contributed by atoms with Gasteiger partial charge in [0.15, 0.2) is 5.76 Å². The van der Waals surface area contributed by atoms with E-state index in [9.17, 15) is 14.7 Å². The zero-order valence-corrected chi connectivity index (χ0v) is 17.4. The molecule has 1 aromatic carbocycles. The van der Waals surface area contributed by atoms with Crippen LogP contribution in [0.1, 0.15) is 24.5 Å². The van der Waals surface area contributed by atoms with E-state index >= 15 is 0 Å². The van der Waals surface area contributed by atoms with E-state index in [1.54, 1.807) is 11.9 Å². The highest BCUT2D eigenvalue weighted by atomic mass is 32.2. The maximum Gasteiger partial charge on any atom is 0.257 e. The van der Waals surface area contributed by atoms with Crippen LogP contribution in [0, 0.1) is 6.92 Å². The quantitative estimate of drug-likeness (QED) is 0.315. The molecule has 0 saturated heterocycles. The van der Waals surface area contributed by atoms with Crippen LogP contribution in [0.3, 0.4) is 0 Å². The standard InChI is InChI=1S/C21H28N2O4S/c1-4-9-23-14-17(12-16-7-5-6-15(2)11-16)27-28-10-8-18(21(23)26)20(25)19(24)13-22-3/h5-8,11,13,17,22,24H,4,9-10,12,14H2,1-3H3/b18-8+,19-13+. The Labute approximate surface area is 170 Å². The molecule has 1 heterocycles. The SMILES string of the molecule is CCCN1CC(Cc2cccc(C)c2)OSC/C=C(\C(=O)/C(O)=C\NC)C1=O. The second-order valence-electron chi connectivity index (χ2n) is 6.71. The monoisotopic (exact) mass is 404 g/mol. The third-order valence-corrected chi connectivity index (χ3v) is 5.01. The van der Waals surface area contributed by atoms with Gasteiger partial charge < -0.3 is 19.5 Å². The minimum Gasteiger partial charge on any atom is -0.503 e. The van der Waals surface area contributed by atoms with Crippen molar-refractivity contribution in [2.24, 2.45) is 0 Å². The van der Waals surface area contributed by atoms with Crippen LogP contribution in [0.5, 0.6) is 0 Å². The summed E-state index contributed by atoms with van der Waals surface area (Å²) in [4.78, 5) is 27.2. The van der Waals surface area contributed by atoms with Crippen LogP contribution >= 0.6 is 12.0 Å². The van der Waals surface area contributed by atoms with Gasteiger partial charge in [0, 0.05) is 38.5 Å². The molecule has 1 amide bonds. The van der Waals surface area contributed by atoms with Crippen molar-refractivity contribution in [3.05, 3.63) is 59.0 Å². The molecule has 1 atom stereocenters. The number of benzene rings is 1. The number of hydrogen-bond acceptors (Lipinski definition) is 6. The average Bonchev–Trinajstić information content (AvgIpc) is 2.73. The molecule has 2 N–H and O–H groups in total. The highest BCUT2D eigenvalue weighted by molar-refractivity contribution is 7.94. The Morgan fingerprint density at radius 2 is 2.25 bits per heavy atom. The summed E-state index contributed by atoms with van der Waals surface area (Å²) in [6, 6.07) is 8.22. The van der Waals surface area contributed by atoms with Crippen LogP contribution in [-0.4, -0.2) is 53.7 Å². The van der Waals surface area contributed by atoms with Gasteiger partial charge in [0.1, 0.15) is 0 Å². The van der Waals surface area contributed by atoms with Crippen molar-refractivity contribution in [3.63, 3.8) is 0 Å². The number of carbonyl (C=O) groups excluding carboxylic acids is 2. The lowest BCUT2D eigenvalue weighted by molar-refractivity contribution is -0.130. The Morgan fingerprint density at radius 3 is 2.93 bits per heavy atom. The lowest BCUT2D eigenvalue weighted by Crippen LogP contribution is -2.41. The van der Waals surface area contributed by atoms with Gasteiger partial charge in [-0.15, -0.1) is 0 Å².